The summed E-state index contributed by atoms with van der Waals surface area (Å²) in [5, 5.41) is 9.33. The first-order valence-electron chi connectivity index (χ1n) is 9.53. The Labute approximate surface area is 172 Å². The van der Waals surface area contributed by atoms with Gasteiger partial charge < -0.3 is 14.8 Å². The van der Waals surface area contributed by atoms with Gasteiger partial charge in [-0.2, -0.15) is 0 Å². The van der Waals surface area contributed by atoms with E-state index in [1.807, 2.05) is 56.3 Å². The van der Waals surface area contributed by atoms with Gasteiger partial charge in [-0.1, -0.05) is 35.5 Å². The van der Waals surface area contributed by atoms with Crippen LogP contribution in [-0.2, 0) is 16.0 Å². The van der Waals surface area contributed by atoms with Crippen LogP contribution in [0.3, 0.4) is 0 Å². The van der Waals surface area contributed by atoms with Crippen molar-refractivity contribution in [2.24, 2.45) is 0 Å². The lowest BCUT2D eigenvalue weighted by molar-refractivity contribution is -0.123. The Balaban J connectivity index is 1.35. The summed E-state index contributed by atoms with van der Waals surface area (Å²) in [6.45, 7) is 3.54. The number of nitrogens with one attached hydrogen (secondary N) is 3. The van der Waals surface area contributed by atoms with Crippen LogP contribution in [0.1, 0.15) is 16.8 Å². The Bertz CT molecular complexity index is 1210. The van der Waals surface area contributed by atoms with Crippen molar-refractivity contribution < 1.29 is 14.1 Å². The summed E-state index contributed by atoms with van der Waals surface area (Å²) in [6.07, 6.45) is 1.82. The molecule has 4 rings (SSSR count). The van der Waals surface area contributed by atoms with E-state index in [4.69, 9.17) is 4.52 Å². The summed E-state index contributed by atoms with van der Waals surface area (Å²) in [4.78, 5) is 32.2. The number of benzene rings is 1. The highest BCUT2D eigenvalue weighted by Crippen LogP contribution is 2.27. The fraction of sp³-hybridized carbons (Fsp3) is 0.182. The van der Waals surface area contributed by atoms with Gasteiger partial charge in [0.25, 0.3) is 0 Å². The number of carbonyl (C=O) groups is 2. The molecule has 0 atom stereocenters. The first-order valence-corrected chi connectivity index (χ1v) is 9.53. The van der Waals surface area contributed by atoms with Crippen LogP contribution in [0.4, 0.5) is 5.88 Å². The summed E-state index contributed by atoms with van der Waals surface area (Å²) in [7, 11) is 0. The van der Waals surface area contributed by atoms with Crippen molar-refractivity contribution in [3.8, 4) is 11.3 Å². The number of anilines is 1. The molecule has 30 heavy (non-hydrogen) atoms. The molecule has 4 aromatic rings. The molecule has 0 spiro atoms. The minimum absolute atomic E-state index is 0.135. The highest BCUT2D eigenvalue weighted by atomic mass is 16.5. The smallest absolute Gasteiger partial charge is 0.246 e. The molecule has 8 heteroatoms. The van der Waals surface area contributed by atoms with Crippen LogP contribution in [0.25, 0.3) is 22.3 Å². The Hall–Kier alpha value is -3.94. The van der Waals surface area contributed by atoms with Crippen molar-refractivity contribution in [3.05, 3.63) is 65.5 Å². The maximum atomic E-state index is 12.4. The molecule has 8 nitrogen and oxygen atoms in total. The molecule has 0 radical (unpaired) electrons. The van der Waals surface area contributed by atoms with Crippen LogP contribution in [-0.4, -0.2) is 33.5 Å². The molecular weight excluding hydrogens is 382 g/mol. The van der Waals surface area contributed by atoms with E-state index in [-0.39, 0.29) is 24.8 Å². The number of aromatic nitrogens is 3. The van der Waals surface area contributed by atoms with E-state index >= 15 is 0 Å². The van der Waals surface area contributed by atoms with Gasteiger partial charge in [0, 0.05) is 28.6 Å². The van der Waals surface area contributed by atoms with Gasteiger partial charge in [-0.15, -0.1) is 0 Å². The lowest BCUT2D eigenvalue weighted by atomic mass is 10.1. The third-order valence-corrected chi connectivity index (χ3v) is 4.88. The highest BCUT2D eigenvalue weighted by Gasteiger charge is 2.17. The van der Waals surface area contributed by atoms with Crippen LogP contribution in [0.15, 0.2) is 53.2 Å². The van der Waals surface area contributed by atoms with Crippen molar-refractivity contribution in [2.75, 3.05) is 11.9 Å². The maximum Gasteiger partial charge on any atom is 0.246 e. The number of amides is 2. The van der Waals surface area contributed by atoms with Crippen LogP contribution in [0.2, 0.25) is 0 Å². The van der Waals surface area contributed by atoms with Crippen LogP contribution in [0, 0.1) is 13.8 Å². The quantitative estimate of drug-likeness (QED) is 0.458. The average Bonchev–Trinajstić information content (AvgIpc) is 3.27. The molecule has 3 aromatic heterocycles. The van der Waals surface area contributed by atoms with Crippen LogP contribution < -0.4 is 10.6 Å². The Kier molecular flexibility index (Phi) is 5.30. The van der Waals surface area contributed by atoms with E-state index in [1.165, 1.54) is 0 Å². The summed E-state index contributed by atoms with van der Waals surface area (Å²) in [5.74, 6) is -0.389. The molecule has 2 amide bonds. The molecule has 3 N–H and O–H groups in total. The summed E-state index contributed by atoms with van der Waals surface area (Å²) in [5.41, 5.74) is 5.64. The van der Waals surface area contributed by atoms with Gasteiger partial charge >= 0.3 is 0 Å². The van der Waals surface area contributed by atoms with Crippen molar-refractivity contribution in [1.82, 2.24) is 20.4 Å². The largest absolute Gasteiger partial charge is 0.357 e. The van der Waals surface area contributed by atoms with Crippen molar-refractivity contribution in [2.45, 2.75) is 20.3 Å². The molecule has 0 saturated heterocycles. The number of aromatic amines is 1. The Morgan fingerprint density at radius 3 is 2.67 bits per heavy atom. The van der Waals surface area contributed by atoms with Crippen molar-refractivity contribution >= 4 is 28.7 Å². The van der Waals surface area contributed by atoms with E-state index < -0.39 is 5.91 Å². The predicted octanol–water partition coefficient (Wildman–Crippen LogP) is 3.13. The molecular formula is C22H21N5O3. The number of aryl methyl sites for hydroxylation is 1. The Morgan fingerprint density at radius 1 is 1.07 bits per heavy atom. The minimum atomic E-state index is -0.393. The normalized spacial score (nSPS) is 10.9. The van der Waals surface area contributed by atoms with Gasteiger partial charge in [-0.05, 0) is 26.0 Å². The fourth-order valence-electron chi connectivity index (χ4n) is 3.31. The summed E-state index contributed by atoms with van der Waals surface area (Å²) < 4.78 is 5.27. The molecule has 1 aromatic carbocycles. The van der Waals surface area contributed by atoms with Crippen LogP contribution in [0.5, 0.6) is 0 Å². The molecule has 152 valence electrons. The van der Waals surface area contributed by atoms with E-state index in [0.29, 0.717) is 5.69 Å². The van der Waals surface area contributed by atoms with Gasteiger partial charge in [0.15, 0.2) is 0 Å². The second-order valence-electron chi connectivity index (χ2n) is 6.98. The van der Waals surface area contributed by atoms with Crippen molar-refractivity contribution in [3.63, 3.8) is 0 Å². The number of rotatable bonds is 6. The summed E-state index contributed by atoms with van der Waals surface area (Å²) >= 11 is 0. The van der Waals surface area contributed by atoms with E-state index in [0.717, 1.165) is 33.4 Å². The third kappa shape index (κ3) is 3.93. The fourth-order valence-corrected chi connectivity index (χ4v) is 3.31. The molecule has 0 fully saturated rings. The zero-order valence-corrected chi connectivity index (χ0v) is 16.7. The first-order chi connectivity index (χ1) is 14.5. The number of hydrogen-bond acceptors (Lipinski definition) is 5. The number of hydrogen-bond donors (Lipinski definition) is 3. The van der Waals surface area contributed by atoms with Gasteiger partial charge in [0.2, 0.25) is 17.7 Å². The zero-order chi connectivity index (χ0) is 21.1. The maximum absolute atomic E-state index is 12.4. The van der Waals surface area contributed by atoms with Gasteiger partial charge in [0.05, 0.1) is 24.0 Å². The Morgan fingerprint density at radius 2 is 1.87 bits per heavy atom. The predicted molar refractivity (Wildman–Crippen MR) is 113 cm³/mol. The van der Waals surface area contributed by atoms with E-state index in [9.17, 15) is 9.59 Å². The standard InChI is InChI=1S/C22H21N5O3/c1-13-20(15-7-4-3-5-8-15)27-30-22(13)26-19(29)12-24-18(28)11-16-14(2)25-17-9-6-10-23-21(16)17/h3-10,25H,11-12H2,1-2H3,(H,24,28)(H,26,29). The number of nitrogens with zero attached hydrogens (tertiary/aromatic N) is 2. The number of H-pyrrole nitrogens is 1. The lowest BCUT2D eigenvalue weighted by Crippen LogP contribution is -2.33. The number of carbonyl (C=O) groups excluding carboxylic acids is 2. The third-order valence-electron chi connectivity index (χ3n) is 4.88. The van der Waals surface area contributed by atoms with Crippen LogP contribution >= 0.6 is 0 Å². The van der Waals surface area contributed by atoms with Gasteiger partial charge in [0.1, 0.15) is 5.69 Å². The molecule has 0 unspecified atom stereocenters. The molecule has 0 saturated carbocycles. The second-order valence-corrected chi connectivity index (χ2v) is 6.98. The van der Waals surface area contributed by atoms with E-state index in [2.05, 4.69) is 25.8 Å². The monoisotopic (exact) mass is 403 g/mol. The molecule has 0 bridgehead atoms. The summed E-state index contributed by atoms with van der Waals surface area (Å²) in [6, 6.07) is 13.3. The van der Waals surface area contributed by atoms with Gasteiger partial charge in [-0.25, -0.2) is 0 Å². The number of pyridine rings is 1. The molecule has 0 aliphatic carbocycles. The number of fused-ring (bicyclic) bond motifs is 1. The SMILES string of the molecule is Cc1[nH]c2cccnc2c1CC(=O)NCC(=O)Nc1onc(-c2ccccc2)c1C. The van der Waals surface area contributed by atoms with Crippen molar-refractivity contribution in [1.29, 1.82) is 0 Å². The molecule has 0 aliphatic rings. The van der Waals surface area contributed by atoms with Gasteiger partial charge in [-0.3, -0.25) is 19.9 Å². The lowest BCUT2D eigenvalue weighted by Gasteiger charge is -2.06. The first kappa shape index (κ1) is 19.4. The van der Waals surface area contributed by atoms with E-state index in [1.54, 1.807) is 6.20 Å². The highest BCUT2D eigenvalue weighted by molar-refractivity contribution is 5.95. The average molecular weight is 403 g/mol. The zero-order valence-electron chi connectivity index (χ0n) is 16.7. The topological polar surface area (TPSA) is 113 Å². The second kappa shape index (κ2) is 8.20. The minimum Gasteiger partial charge on any atom is -0.357 e. The molecule has 0 aliphatic heterocycles. The molecule has 3 heterocycles.